The topological polar surface area (TPSA) is 91.8 Å². The average Bonchev–Trinajstić information content (AvgIpc) is 2.62. The summed E-state index contributed by atoms with van der Waals surface area (Å²) in [6.45, 7) is 0.0859. The molecule has 0 saturated heterocycles. The van der Waals surface area contributed by atoms with Crippen molar-refractivity contribution in [3.8, 4) is 0 Å². The lowest BCUT2D eigenvalue weighted by Crippen LogP contribution is -2.43. The Hall–Kier alpha value is -2.95. The number of ketones is 1. The maximum Gasteiger partial charge on any atom is 0.408 e. The van der Waals surface area contributed by atoms with Gasteiger partial charge >= 0.3 is 12.3 Å². The second kappa shape index (κ2) is 9.37. The molecule has 1 unspecified atom stereocenters. The van der Waals surface area contributed by atoms with Crippen molar-refractivity contribution >= 4 is 29.7 Å². The van der Waals surface area contributed by atoms with E-state index in [4.69, 9.17) is 21.9 Å². The van der Waals surface area contributed by atoms with Crippen molar-refractivity contribution in [1.29, 1.82) is 0 Å². The minimum atomic E-state index is -0.916. The molecule has 0 bridgehead atoms. The maximum absolute atomic E-state index is 12.0. The molecule has 0 aliphatic heterocycles. The van der Waals surface area contributed by atoms with Crippen molar-refractivity contribution in [2.75, 3.05) is 0 Å². The number of halogens is 1. The highest BCUT2D eigenvalue weighted by Gasteiger charge is 2.23. The van der Waals surface area contributed by atoms with E-state index >= 15 is 0 Å². The van der Waals surface area contributed by atoms with Crippen LogP contribution < -0.4 is 5.32 Å². The Balaban J connectivity index is 1.99. The molecule has 2 aromatic rings. The van der Waals surface area contributed by atoms with Crippen molar-refractivity contribution in [3.63, 3.8) is 0 Å². The number of Topliss-reactive ketones (excluding diaryl/α,β-unsaturated/α-hetero) is 1. The standard InChI is InChI=1S/C18H16ClN3O3/c19-15-8-6-13(7-9-15)10-16(17(23)11-21-20)22-18(24)25-12-14-4-2-1-3-5-14/h1-9,11,16H,10,12H2,(H,22,24). The summed E-state index contributed by atoms with van der Waals surface area (Å²) in [5.41, 5.74) is 10.2. The van der Waals surface area contributed by atoms with Gasteiger partial charge in [0.2, 0.25) is 0 Å². The maximum atomic E-state index is 12.0. The fraction of sp³-hybridized carbons (Fsp3) is 0.167. The molecule has 0 aliphatic rings. The van der Waals surface area contributed by atoms with E-state index in [2.05, 4.69) is 10.1 Å². The Labute approximate surface area is 150 Å². The third-order valence-electron chi connectivity index (χ3n) is 3.39. The van der Waals surface area contributed by atoms with Crippen LogP contribution in [0.2, 0.25) is 5.02 Å². The Kier molecular flexibility index (Phi) is 6.89. The van der Waals surface area contributed by atoms with Crippen LogP contribution in [0.1, 0.15) is 11.1 Å². The van der Waals surface area contributed by atoms with Crippen molar-refractivity contribution in [3.05, 3.63) is 76.3 Å². The third-order valence-corrected chi connectivity index (χ3v) is 3.64. The molecule has 0 spiro atoms. The summed E-state index contributed by atoms with van der Waals surface area (Å²) in [6.07, 6.45) is 0.225. The summed E-state index contributed by atoms with van der Waals surface area (Å²) in [5.74, 6) is -0.547. The summed E-state index contributed by atoms with van der Waals surface area (Å²) < 4.78 is 5.11. The van der Waals surface area contributed by atoms with Gasteiger partial charge in [0.15, 0.2) is 0 Å². The zero-order chi connectivity index (χ0) is 18.1. The number of nitrogens with zero attached hydrogens (tertiary/aromatic N) is 2. The number of alkyl carbamates (subject to hydrolysis) is 1. The molecule has 0 heterocycles. The first kappa shape index (κ1) is 18.4. The number of ether oxygens (including phenoxy) is 1. The van der Waals surface area contributed by atoms with Crippen LogP contribution in [0.15, 0.2) is 54.6 Å². The molecule has 6 nitrogen and oxygen atoms in total. The van der Waals surface area contributed by atoms with Gasteiger partial charge in [-0.1, -0.05) is 54.1 Å². The molecule has 1 atom stereocenters. The van der Waals surface area contributed by atoms with E-state index in [0.29, 0.717) is 5.02 Å². The van der Waals surface area contributed by atoms with Crippen molar-refractivity contribution < 1.29 is 19.1 Å². The van der Waals surface area contributed by atoms with Gasteiger partial charge in [0.1, 0.15) is 12.6 Å². The molecule has 128 valence electrons. The summed E-state index contributed by atoms with van der Waals surface area (Å²) in [4.78, 5) is 26.7. The van der Waals surface area contributed by atoms with Gasteiger partial charge in [-0.3, -0.25) is 4.79 Å². The fourth-order valence-corrected chi connectivity index (χ4v) is 2.26. The van der Waals surface area contributed by atoms with Crippen LogP contribution in [0, 0.1) is 0 Å². The normalized spacial score (nSPS) is 11.1. The van der Waals surface area contributed by atoms with E-state index in [9.17, 15) is 9.59 Å². The van der Waals surface area contributed by atoms with Crippen LogP contribution in [0.25, 0.3) is 5.53 Å². The first-order chi connectivity index (χ1) is 12.1. The summed E-state index contributed by atoms with van der Waals surface area (Å²) >= 11 is 5.83. The van der Waals surface area contributed by atoms with Crippen LogP contribution in [-0.4, -0.2) is 28.9 Å². The summed E-state index contributed by atoms with van der Waals surface area (Å²) in [5, 5.41) is 3.06. The molecule has 0 aliphatic carbocycles. The van der Waals surface area contributed by atoms with Gasteiger partial charge in [0.25, 0.3) is 5.78 Å². The molecule has 7 heteroatoms. The molecular formula is C18H16ClN3O3. The second-order valence-electron chi connectivity index (χ2n) is 5.24. The molecule has 0 aromatic heterocycles. The Bertz CT molecular complexity index is 772. The monoisotopic (exact) mass is 357 g/mol. The number of carbonyl (C=O) groups is 2. The van der Waals surface area contributed by atoms with Crippen LogP contribution in [0.4, 0.5) is 4.79 Å². The smallest absolute Gasteiger partial charge is 0.408 e. The predicted molar refractivity (Wildman–Crippen MR) is 93.4 cm³/mol. The number of amides is 1. The highest BCUT2D eigenvalue weighted by molar-refractivity contribution is 6.30. The predicted octanol–water partition coefficient (Wildman–Crippen LogP) is 3.05. The van der Waals surface area contributed by atoms with Crippen LogP contribution in [0.5, 0.6) is 0 Å². The highest BCUT2D eigenvalue weighted by Crippen LogP contribution is 2.11. The SMILES string of the molecule is [N-]=[N+]=CC(=O)C(Cc1ccc(Cl)cc1)NC(=O)OCc1ccccc1. The Morgan fingerprint density at radius 1 is 1.12 bits per heavy atom. The molecule has 1 amide bonds. The average molecular weight is 358 g/mol. The molecular weight excluding hydrogens is 342 g/mol. The van der Waals surface area contributed by atoms with Gasteiger partial charge in [-0.25, -0.2) is 4.79 Å². The second-order valence-corrected chi connectivity index (χ2v) is 5.67. The van der Waals surface area contributed by atoms with E-state index < -0.39 is 17.9 Å². The van der Waals surface area contributed by atoms with Crippen molar-refractivity contribution in [1.82, 2.24) is 5.32 Å². The number of hydrogen-bond acceptors (Lipinski definition) is 3. The van der Waals surface area contributed by atoms with Gasteiger partial charge in [-0.2, -0.15) is 4.79 Å². The largest absolute Gasteiger partial charge is 0.445 e. The fourth-order valence-electron chi connectivity index (χ4n) is 2.13. The molecule has 25 heavy (non-hydrogen) atoms. The van der Waals surface area contributed by atoms with Gasteiger partial charge in [0, 0.05) is 11.4 Å². The van der Waals surface area contributed by atoms with Gasteiger partial charge < -0.3 is 15.6 Å². The van der Waals surface area contributed by atoms with Gasteiger partial charge in [0.05, 0.1) is 0 Å². The summed E-state index contributed by atoms with van der Waals surface area (Å²) in [7, 11) is 0. The van der Waals surface area contributed by atoms with Crippen molar-refractivity contribution in [2.24, 2.45) is 0 Å². The van der Waals surface area contributed by atoms with Crippen LogP contribution >= 0.6 is 11.6 Å². The van der Waals surface area contributed by atoms with Crippen LogP contribution in [-0.2, 0) is 22.6 Å². The van der Waals surface area contributed by atoms with Crippen LogP contribution in [0.3, 0.4) is 0 Å². The third kappa shape index (κ3) is 6.22. The zero-order valence-electron chi connectivity index (χ0n) is 13.3. The van der Waals surface area contributed by atoms with E-state index in [1.54, 1.807) is 24.3 Å². The highest BCUT2D eigenvalue weighted by atomic mass is 35.5. The lowest BCUT2D eigenvalue weighted by molar-refractivity contribution is -0.117. The summed E-state index contributed by atoms with van der Waals surface area (Å²) in [6, 6.07) is 15.1. The lowest BCUT2D eigenvalue weighted by atomic mass is 10.0. The lowest BCUT2D eigenvalue weighted by Gasteiger charge is -2.15. The first-order valence-corrected chi connectivity index (χ1v) is 7.89. The van der Waals surface area contributed by atoms with Gasteiger partial charge in [-0.15, -0.1) is 0 Å². The van der Waals surface area contributed by atoms with E-state index in [1.165, 1.54) is 0 Å². The molecule has 0 saturated carbocycles. The number of rotatable bonds is 7. The number of hydrogen-bond donors (Lipinski definition) is 1. The number of nitrogens with one attached hydrogen (secondary N) is 1. The quantitative estimate of drug-likeness (QED) is 0.469. The Morgan fingerprint density at radius 3 is 2.44 bits per heavy atom. The molecule has 0 fully saturated rings. The van der Waals surface area contributed by atoms with Crippen molar-refractivity contribution in [2.45, 2.75) is 19.1 Å². The molecule has 2 aromatic carbocycles. The minimum absolute atomic E-state index is 0.0859. The molecule has 1 N–H and O–H groups in total. The molecule has 2 rings (SSSR count). The van der Waals surface area contributed by atoms with E-state index in [0.717, 1.165) is 17.3 Å². The van der Waals surface area contributed by atoms with Gasteiger partial charge in [-0.05, 0) is 23.3 Å². The molecule has 0 radical (unpaired) electrons. The van der Waals surface area contributed by atoms with E-state index in [-0.39, 0.29) is 13.0 Å². The zero-order valence-corrected chi connectivity index (χ0v) is 14.0. The first-order valence-electron chi connectivity index (χ1n) is 7.51. The number of benzene rings is 2. The Morgan fingerprint density at radius 2 is 1.80 bits per heavy atom. The minimum Gasteiger partial charge on any atom is -0.445 e. The van der Waals surface area contributed by atoms with E-state index in [1.807, 2.05) is 30.3 Å². The number of carbonyl (C=O) groups excluding carboxylic acids is 2.